The Bertz CT molecular complexity index is 1210. The van der Waals surface area contributed by atoms with Crippen LogP contribution in [-0.2, 0) is 0 Å². The first-order valence-corrected chi connectivity index (χ1v) is 10.9. The van der Waals surface area contributed by atoms with Crippen molar-refractivity contribution in [3.8, 4) is 11.1 Å². The number of ketones is 4. The molecule has 4 nitrogen and oxygen atoms in total. The molecule has 0 saturated heterocycles. The zero-order valence-corrected chi connectivity index (χ0v) is 18.4. The van der Waals surface area contributed by atoms with Gasteiger partial charge in [-0.1, -0.05) is 109 Å². The topological polar surface area (TPSA) is 68.3 Å². The van der Waals surface area contributed by atoms with E-state index >= 15 is 0 Å². The largest absolute Gasteiger partial charge is 0.294 e. The second-order valence-corrected chi connectivity index (χ2v) is 7.93. The molecule has 4 rings (SSSR count). The average molecular weight is 447 g/mol. The first-order valence-electron chi connectivity index (χ1n) is 10.9. The molecule has 0 aliphatic rings. The highest BCUT2D eigenvalue weighted by Crippen LogP contribution is 2.22. The van der Waals surface area contributed by atoms with Crippen LogP contribution in [0.2, 0.25) is 0 Å². The van der Waals surface area contributed by atoms with Gasteiger partial charge in [-0.15, -0.1) is 0 Å². The van der Waals surface area contributed by atoms with Gasteiger partial charge >= 0.3 is 0 Å². The van der Waals surface area contributed by atoms with Crippen LogP contribution in [0, 0.1) is 0 Å². The van der Waals surface area contributed by atoms with E-state index in [1.807, 2.05) is 36.4 Å². The second kappa shape index (κ2) is 10.5. The van der Waals surface area contributed by atoms with E-state index < -0.39 is 0 Å². The molecule has 0 atom stereocenters. The molecule has 0 aliphatic heterocycles. The Balaban J connectivity index is 1.39. The van der Waals surface area contributed by atoms with E-state index in [0.29, 0.717) is 22.3 Å². The van der Waals surface area contributed by atoms with Gasteiger partial charge in [0.15, 0.2) is 23.1 Å². The lowest BCUT2D eigenvalue weighted by Crippen LogP contribution is -2.08. The van der Waals surface area contributed by atoms with Gasteiger partial charge in [-0.25, -0.2) is 0 Å². The first-order chi connectivity index (χ1) is 16.5. The summed E-state index contributed by atoms with van der Waals surface area (Å²) in [6.07, 6.45) is -0.357. The van der Waals surface area contributed by atoms with Crippen LogP contribution in [-0.4, -0.2) is 23.1 Å². The molecule has 4 aromatic carbocycles. The molecule has 0 aromatic heterocycles. The second-order valence-electron chi connectivity index (χ2n) is 7.93. The van der Waals surface area contributed by atoms with Crippen LogP contribution in [0.15, 0.2) is 109 Å². The highest BCUT2D eigenvalue weighted by molar-refractivity contribution is 6.14. The van der Waals surface area contributed by atoms with Crippen LogP contribution < -0.4 is 0 Å². The molecular weight excluding hydrogens is 424 g/mol. The van der Waals surface area contributed by atoms with E-state index in [9.17, 15) is 19.2 Å². The summed E-state index contributed by atoms with van der Waals surface area (Å²) in [4.78, 5) is 49.6. The number of hydrogen-bond donors (Lipinski definition) is 0. The smallest absolute Gasteiger partial charge is 0.170 e. The Morgan fingerprint density at radius 3 is 0.912 bits per heavy atom. The molecule has 0 saturated carbocycles. The van der Waals surface area contributed by atoms with Crippen molar-refractivity contribution in [1.82, 2.24) is 0 Å². The Kier molecular flexibility index (Phi) is 6.99. The van der Waals surface area contributed by atoms with Crippen LogP contribution >= 0.6 is 0 Å². The minimum Gasteiger partial charge on any atom is -0.294 e. The fourth-order valence-corrected chi connectivity index (χ4v) is 3.65. The van der Waals surface area contributed by atoms with E-state index in [1.54, 1.807) is 72.8 Å². The molecule has 0 heterocycles. The van der Waals surface area contributed by atoms with Crippen molar-refractivity contribution >= 4 is 23.1 Å². The number of Topliss-reactive ketones (excluding diaryl/α,β-unsaturated/α-hetero) is 4. The minimum atomic E-state index is -0.232. The fourth-order valence-electron chi connectivity index (χ4n) is 3.65. The third-order valence-electron chi connectivity index (χ3n) is 5.58. The maximum Gasteiger partial charge on any atom is 0.170 e. The molecule has 0 amide bonds. The zero-order valence-electron chi connectivity index (χ0n) is 18.4. The maximum atomic E-state index is 12.5. The van der Waals surface area contributed by atoms with Crippen molar-refractivity contribution in [3.05, 3.63) is 131 Å². The third-order valence-corrected chi connectivity index (χ3v) is 5.58. The molecule has 0 unspecified atom stereocenters. The summed E-state index contributed by atoms with van der Waals surface area (Å²) in [7, 11) is 0. The number of carbonyl (C=O) groups is 4. The summed E-state index contributed by atoms with van der Waals surface area (Å²) in [5.74, 6) is -0.879. The van der Waals surface area contributed by atoms with Gasteiger partial charge in [0.2, 0.25) is 0 Å². The van der Waals surface area contributed by atoms with Crippen LogP contribution in [0.5, 0.6) is 0 Å². The van der Waals surface area contributed by atoms with Crippen molar-refractivity contribution in [3.63, 3.8) is 0 Å². The predicted octanol–water partition coefficient (Wildman–Crippen LogP) is 6.27. The van der Waals surface area contributed by atoms with Crippen LogP contribution in [0.25, 0.3) is 11.1 Å². The molecular formula is C30H22O4. The lowest BCUT2D eigenvalue weighted by atomic mass is 9.97. The summed E-state index contributed by atoms with van der Waals surface area (Å²) in [5, 5.41) is 0. The van der Waals surface area contributed by atoms with Crippen molar-refractivity contribution in [1.29, 1.82) is 0 Å². The number of benzene rings is 4. The molecule has 0 fully saturated rings. The van der Waals surface area contributed by atoms with Gasteiger partial charge in [0.05, 0.1) is 12.8 Å². The van der Waals surface area contributed by atoms with Gasteiger partial charge in [0.25, 0.3) is 0 Å². The molecule has 0 N–H and O–H groups in total. The number of rotatable bonds is 9. The summed E-state index contributed by atoms with van der Waals surface area (Å²) in [5.41, 5.74) is 3.74. The average Bonchev–Trinajstić information content (AvgIpc) is 2.89. The quantitative estimate of drug-likeness (QED) is 0.225. The highest BCUT2D eigenvalue weighted by Gasteiger charge is 2.15. The van der Waals surface area contributed by atoms with Crippen molar-refractivity contribution in [2.45, 2.75) is 12.8 Å². The standard InChI is InChI=1S/C30H22O4/c31-27(23-7-3-1-4-8-23)19-29(33)25-15-11-21(12-16-25)22-13-17-26(18-14-22)30(34)20-28(32)24-9-5-2-6-10-24/h1-18H,19-20H2. The van der Waals surface area contributed by atoms with Gasteiger partial charge < -0.3 is 0 Å². The van der Waals surface area contributed by atoms with E-state index in [2.05, 4.69) is 0 Å². The van der Waals surface area contributed by atoms with E-state index in [-0.39, 0.29) is 36.0 Å². The fraction of sp³-hybridized carbons (Fsp3) is 0.0667. The zero-order chi connectivity index (χ0) is 23.9. The van der Waals surface area contributed by atoms with Gasteiger partial charge in [-0.3, -0.25) is 19.2 Å². The summed E-state index contributed by atoms with van der Waals surface area (Å²) >= 11 is 0. The normalized spacial score (nSPS) is 10.5. The van der Waals surface area contributed by atoms with Gasteiger partial charge in [-0.05, 0) is 11.1 Å². The van der Waals surface area contributed by atoms with Crippen molar-refractivity contribution in [2.75, 3.05) is 0 Å². The van der Waals surface area contributed by atoms with Crippen molar-refractivity contribution in [2.24, 2.45) is 0 Å². The minimum absolute atomic E-state index is 0.179. The van der Waals surface area contributed by atoms with E-state index in [4.69, 9.17) is 0 Å². The molecule has 0 bridgehead atoms. The molecule has 0 aliphatic carbocycles. The van der Waals surface area contributed by atoms with Gasteiger partial charge in [0.1, 0.15) is 0 Å². The van der Waals surface area contributed by atoms with Crippen LogP contribution in [0.4, 0.5) is 0 Å². The Morgan fingerprint density at radius 1 is 0.353 bits per heavy atom. The van der Waals surface area contributed by atoms with E-state index in [1.165, 1.54) is 0 Å². The number of hydrogen-bond acceptors (Lipinski definition) is 4. The monoisotopic (exact) mass is 446 g/mol. The highest BCUT2D eigenvalue weighted by atomic mass is 16.2. The lowest BCUT2D eigenvalue weighted by molar-refractivity contribution is 0.0878. The third kappa shape index (κ3) is 5.48. The molecule has 166 valence electrons. The van der Waals surface area contributed by atoms with Gasteiger partial charge in [-0.2, -0.15) is 0 Å². The van der Waals surface area contributed by atoms with Gasteiger partial charge in [0, 0.05) is 22.3 Å². The van der Waals surface area contributed by atoms with Crippen LogP contribution in [0.3, 0.4) is 0 Å². The lowest BCUT2D eigenvalue weighted by Gasteiger charge is -2.06. The molecule has 0 spiro atoms. The summed E-state index contributed by atoms with van der Waals surface area (Å²) in [6, 6.07) is 31.6. The first kappa shape index (κ1) is 22.7. The van der Waals surface area contributed by atoms with E-state index in [0.717, 1.165) is 11.1 Å². The Morgan fingerprint density at radius 2 is 0.618 bits per heavy atom. The van der Waals surface area contributed by atoms with Crippen LogP contribution in [0.1, 0.15) is 54.3 Å². The maximum absolute atomic E-state index is 12.5. The van der Waals surface area contributed by atoms with Crippen molar-refractivity contribution < 1.29 is 19.2 Å². The molecule has 0 radical (unpaired) electrons. The predicted molar refractivity (Wildman–Crippen MR) is 131 cm³/mol. The Labute approximate surface area is 197 Å². The molecule has 4 heteroatoms. The SMILES string of the molecule is O=C(CC(=O)c1ccc(-c2ccc(C(=O)CC(=O)c3ccccc3)cc2)cc1)c1ccccc1. The molecule has 34 heavy (non-hydrogen) atoms. The number of carbonyl (C=O) groups excluding carboxylic acids is 4. The molecule has 4 aromatic rings. The summed E-state index contributed by atoms with van der Waals surface area (Å²) in [6.45, 7) is 0. The Hall–Kier alpha value is -4.44. The summed E-state index contributed by atoms with van der Waals surface area (Å²) < 4.78 is 0.